The number of benzene rings is 1. The maximum atomic E-state index is 11.7. The molecular weight excluding hydrogens is 192 g/mol. The molecule has 0 spiro atoms. The minimum atomic E-state index is -0.255. The number of hydrogen-bond acceptors (Lipinski definition) is 3. The summed E-state index contributed by atoms with van der Waals surface area (Å²) in [7, 11) is 0. The van der Waals surface area contributed by atoms with E-state index in [2.05, 4.69) is 12.2 Å². The van der Waals surface area contributed by atoms with Gasteiger partial charge in [0.25, 0.3) is 5.91 Å². The summed E-state index contributed by atoms with van der Waals surface area (Å²) >= 11 is 0. The first-order valence-corrected chi connectivity index (χ1v) is 4.98. The van der Waals surface area contributed by atoms with Crippen molar-refractivity contribution in [2.24, 2.45) is 5.92 Å². The third-order valence-electron chi connectivity index (χ3n) is 2.74. The van der Waals surface area contributed by atoms with Gasteiger partial charge in [0.2, 0.25) is 0 Å². The molecule has 2 rings (SSSR count). The van der Waals surface area contributed by atoms with Crippen LogP contribution >= 0.6 is 0 Å². The van der Waals surface area contributed by atoms with Crippen LogP contribution in [0.25, 0.3) is 0 Å². The predicted molar refractivity (Wildman–Crippen MR) is 57.6 cm³/mol. The molecule has 0 aromatic heterocycles. The first-order valence-electron chi connectivity index (χ1n) is 4.98. The van der Waals surface area contributed by atoms with Gasteiger partial charge >= 0.3 is 0 Å². The number of anilines is 1. The Morgan fingerprint density at radius 2 is 2.27 bits per heavy atom. The summed E-state index contributed by atoms with van der Waals surface area (Å²) in [6.45, 7) is 2.07. The highest BCUT2D eigenvalue weighted by Gasteiger charge is 2.34. The van der Waals surface area contributed by atoms with E-state index in [4.69, 9.17) is 5.73 Å². The Labute approximate surface area is 88.1 Å². The van der Waals surface area contributed by atoms with E-state index in [0.717, 1.165) is 6.42 Å². The summed E-state index contributed by atoms with van der Waals surface area (Å²) in [5.41, 5.74) is 5.97. The molecule has 0 saturated heterocycles. The molecule has 0 aliphatic heterocycles. The number of nitrogen functional groups attached to an aromatic ring is 1. The smallest absolute Gasteiger partial charge is 0.255 e. The lowest BCUT2D eigenvalue weighted by molar-refractivity contribution is 0.0947. The Bertz CT molecular complexity index is 404. The molecule has 0 radical (unpaired) electrons. The van der Waals surface area contributed by atoms with Crippen LogP contribution in [-0.4, -0.2) is 17.1 Å². The quantitative estimate of drug-likeness (QED) is 0.501. The third-order valence-corrected chi connectivity index (χ3v) is 2.74. The summed E-state index contributed by atoms with van der Waals surface area (Å²) in [5.74, 6) is 0.148. The van der Waals surface area contributed by atoms with Gasteiger partial charge in [-0.25, -0.2) is 0 Å². The molecule has 1 aliphatic carbocycles. The van der Waals surface area contributed by atoms with Gasteiger partial charge in [-0.2, -0.15) is 0 Å². The zero-order valence-electron chi connectivity index (χ0n) is 8.53. The zero-order valence-corrected chi connectivity index (χ0v) is 8.53. The van der Waals surface area contributed by atoms with Crippen LogP contribution in [0.2, 0.25) is 0 Å². The molecular formula is C11H14N2O2. The highest BCUT2D eigenvalue weighted by Crippen LogP contribution is 2.30. The van der Waals surface area contributed by atoms with Gasteiger partial charge in [-0.1, -0.05) is 13.0 Å². The monoisotopic (exact) mass is 206 g/mol. The first kappa shape index (κ1) is 9.83. The molecule has 1 aromatic carbocycles. The van der Waals surface area contributed by atoms with Crippen LogP contribution in [0.3, 0.4) is 0 Å². The standard InChI is InChI=1S/C11H14N2O2/c1-6-5-9(6)13-11(15)7-3-2-4-8(12)10(7)14/h2-4,6,9,14H,5,12H2,1H3,(H,13,15). The van der Waals surface area contributed by atoms with Crippen molar-refractivity contribution in [3.63, 3.8) is 0 Å². The number of para-hydroxylation sites is 1. The van der Waals surface area contributed by atoms with E-state index in [0.29, 0.717) is 5.92 Å². The van der Waals surface area contributed by atoms with Crippen molar-refractivity contribution in [3.05, 3.63) is 23.8 Å². The van der Waals surface area contributed by atoms with Crippen molar-refractivity contribution in [3.8, 4) is 5.75 Å². The normalized spacial score (nSPS) is 23.5. The fourth-order valence-electron chi connectivity index (χ4n) is 1.51. The number of carbonyl (C=O) groups excluding carboxylic acids is 1. The van der Waals surface area contributed by atoms with Crippen LogP contribution in [0, 0.1) is 5.92 Å². The Morgan fingerprint density at radius 3 is 2.87 bits per heavy atom. The summed E-state index contributed by atoms with van der Waals surface area (Å²) in [6, 6.07) is 5.03. The van der Waals surface area contributed by atoms with Gasteiger partial charge in [0.15, 0.2) is 5.75 Å². The van der Waals surface area contributed by atoms with Crippen LogP contribution in [0.4, 0.5) is 5.69 Å². The van der Waals surface area contributed by atoms with Gasteiger partial charge in [0.05, 0.1) is 11.3 Å². The fraction of sp³-hybridized carbons (Fsp3) is 0.364. The van der Waals surface area contributed by atoms with E-state index >= 15 is 0 Å². The number of nitrogens with two attached hydrogens (primary N) is 1. The topological polar surface area (TPSA) is 75.4 Å². The van der Waals surface area contributed by atoms with E-state index in [9.17, 15) is 9.90 Å². The van der Waals surface area contributed by atoms with E-state index in [1.165, 1.54) is 0 Å². The highest BCUT2D eigenvalue weighted by atomic mass is 16.3. The van der Waals surface area contributed by atoms with Gasteiger partial charge in [0.1, 0.15) is 0 Å². The third kappa shape index (κ3) is 1.88. The number of aromatic hydroxyl groups is 1. The molecule has 4 nitrogen and oxygen atoms in total. The summed E-state index contributed by atoms with van der Waals surface area (Å²) < 4.78 is 0. The molecule has 0 heterocycles. The lowest BCUT2D eigenvalue weighted by Gasteiger charge is -2.07. The minimum Gasteiger partial charge on any atom is -0.505 e. The molecule has 80 valence electrons. The SMILES string of the molecule is CC1CC1NC(=O)c1cccc(N)c1O. The van der Waals surface area contributed by atoms with E-state index in [-0.39, 0.29) is 28.9 Å². The van der Waals surface area contributed by atoms with Gasteiger partial charge in [-0.15, -0.1) is 0 Å². The number of amides is 1. The summed E-state index contributed by atoms with van der Waals surface area (Å²) in [4.78, 5) is 11.7. The zero-order chi connectivity index (χ0) is 11.0. The molecule has 1 aliphatic rings. The van der Waals surface area contributed by atoms with Crippen molar-refractivity contribution in [1.29, 1.82) is 0 Å². The lowest BCUT2D eigenvalue weighted by Crippen LogP contribution is -2.26. The van der Waals surface area contributed by atoms with E-state index < -0.39 is 0 Å². The Balaban J connectivity index is 2.14. The molecule has 4 heteroatoms. The molecule has 4 N–H and O–H groups in total. The van der Waals surface area contributed by atoms with Crippen LogP contribution < -0.4 is 11.1 Å². The maximum absolute atomic E-state index is 11.7. The molecule has 1 fully saturated rings. The molecule has 15 heavy (non-hydrogen) atoms. The Kier molecular flexibility index (Phi) is 2.26. The van der Waals surface area contributed by atoms with Crippen LogP contribution in [0.1, 0.15) is 23.7 Å². The van der Waals surface area contributed by atoms with Gasteiger partial charge in [0, 0.05) is 6.04 Å². The average molecular weight is 206 g/mol. The molecule has 2 atom stereocenters. The molecule has 1 aromatic rings. The van der Waals surface area contributed by atoms with Crippen molar-refractivity contribution in [1.82, 2.24) is 5.32 Å². The van der Waals surface area contributed by atoms with Crippen LogP contribution in [0.15, 0.2) is 18.2 Å². The minimum absolute atomic E-state index is 0.136. The number of phenols is 1. The van der Waals surface area contributed by atoms with Crippen molar-refractivity contribution >= 4 is 11.6 Å². The fourth-order valence-corrected chi connectivity index (χ4v) is 1.51. The first-order chi connectivity index (χ1) is 7.09. The maximum Gasteiger partial charge on any atom is 0.255 e. The number of hydrogen-bond donors (Lipinski definition) is 3. The second-order valence-electron chi connectivity index (χ2n) is 4.04. The molecule has 1 saturated carbocycles. The Morgan fingerprint density at radius 1 is 1.60 bits per heavy atom. The number of rotatable bonds is 2. The van der Waals surface area contributed by atoms with Crippen molar-refractivity contribution in [2.75, 3.05) is 5.73 Å². The molecule has 0 bridgehead atoms. The van der Waals surface area contributed by atoms with Crippen molar-refractivity contribution < 1.29 is 9.90 Å². The van der Waals surface area contributed by atoms with Crippen LogP contribution in [0.5, 0.6) is 5.75 Å². The van der Waals surface area contributed by atoms with E-state index in [1.807, 2.05) is 0 Å². The van der Waals surface area contributed by atoms with Gasteiger partial charge in [-0.05, 0) is 24.5 Å². The highest BCUT2D eigenvalue weighted by molar-refractivity contribution is 5.98. The van der Waals surface area contributed by atoms with Crippen molar-refractivity contribution in [2.45, 2.75) is 19.4 Å². The Hall–Kier alpha value is -1.71. The van der Waals surface area contributed by atoms with Gasteiger partial charge in [-0.3, -0.25) is 4.79 Å². The predicted octanol–water partition coefficient (Wildman–Crippen LogP) is 1.11. The van der Waals surface area contributed by atoms with Gasteiger partial charge < -0.3 is 16.2 Å². The van der Waals surface area contributed by atoms with E-state index in [1.54, 1.807) is 18.2 Å². The molecule has 2 unspecified atom stereocenters. The average Bonchev–Trinajstić information content (AvgIpc) is 2.86. The number of carbonyl (C=O) groups is 1. The molecule has 1 amide bonds. The van der Waals surface area contributed by atoms with Crippen LogP contribution in [-0.2, 0) is 0 Å². The summed E-state index contributed by atoms with van der Waals surface area (Å²) in [5, 5.41) is 12.4. The summed E-state index contributed by atoms with van der Waals surface area (Å²) in [6.07, 6.45) is 1.01. The largest absolute Gasteiger partial charge is 0.505 e. The second-order valence-corrected chi connectivity index (χ2v) is 4.04. The second kappa shape index (κ2) is 3.46. The lowest BCUT2D eigenvalue weighted by atomic mass is 10.1. The number of nitrogens with one attached hydrogen (secondary N) is 1. The number of phenolic OH excluding ortho intramolecular Hbond substituents is 1.